The Labute approximate surface area is 280 Å². The lowest BCUT2D eigenvalue weighted by atomic mass is 9.63. The molecule has 0 aliphatic carbocycles. The summed E-state index contributed by atoms with van der Waals surface area (Å²) in [6.07, 6.45) is 0. The molecule has 0 saturated carbocycles. The first-order valence-electron chi connectivity index (χ1n) is 15.8. The molecule has 0 fully saturated rings. The highest BCUT2D eigenvalue weighted by Crippen LogP contribution is 2.49. The Bertz CT molecular complexity index is 1860. The first kappa shape index (κ1) is 30.4. The zero-order valence-corrected chi connectivity index (χ0v) is 26.1. The Hall–Kier alpha value is -6.26. The van der Waals surface area contributed by atoms with Crippen molar-refractivity contribution in [2.75, 3.05) is 0 Å². The summed E-state index contributed by atoms with van der Waals surface area (Å²) >= 11 is 0. The molecule has 0 amide bonds. The largest absolute Gasteiger partial charge is 0.508 e. The van der Waals surface area contributed by atoms with E-state index in [1.807, 2.05) is 84.9 Å². The van der Waals surface area contributed by atoms with Crippen LogP contribution in [0.25, 0.3) is 0 Å². The van der Waals surface area contributed by atoms with Crippen molar-refractivity contribution in [3.8, 4) is 23.0 Å². The number of hydrogen-bond donors (Lipinski definition) is 4. The van der Waals surface area contributed by atoms with Crippen LogP contribution in [0.3, 0.4) is 0 Å². The molecule has 0 atom stereocenters. The second-order valence-electron chi connectivity index (χ2n) is 12.0. The lowest BCUT2D eigenvalue weighted by molar-refractivity contribution is 0.473. The van der Waals surface area contributed by atoms with Crippen molar-refractivity contribution >= 4 is 0 Å². The summed E-state index contributed by atoms with van der Waals surface area (Å²) in [5, 5.41) is 41.2. The van der Waals surface area contributed by atoms with E-state index in [1.54, 1.807) is 48.5 Å². The second kappa shape index (κ2) is 12.5. The molecule has 0 saturated heterocycles. The van der Waals surface area contributed by atoms with Gasteiger partial charge in [-0.3, -0.25) is 0 Å². The van der Waals surface area contributed by atoms with E-state index in [4.69, 9.17) is 0 Å². The van der Waals surface area contributed by atoms with Gasteiger partial charge in [0.05, 0.1) is 10.8 Å². The second-order valence-corrected chi connectivity index (χ2v) is 12.0. The van der Waals surface area contributed by atoms with E-state index in [0.717, 1.165) is 44.5 Å². The van der Waals surface area contributed by atoms with Gasteiger partial charge in [0.1, 0.15) is 23.0 Å². The van der Waals surface area contributed by atoms with E-state index in [9.17, 15) is 20.4 Å². The fourth-order valence-electron chi connectivity index (χ4n) is 7.19. The summed E-state index contributed by atoms with van der Waals surface area (Å²) in [5.74, 6) is 0.712. The molecule has 7 rings (SSSR count). The lowest BCUT2D eigenvalue weighted by Crippen LogP contribution is -2.33. The van der Waals surface area contributed by atoms with Crippen LogP contribution in [0.4, 0.5) is 0 Å². The van der Waals surface area contributed by atoms with E-state index in [0.29, 0.717) is 0 Å². The van der Waals surface area contributed by atoms with Crippen LogP contribution < -0.4 is 0 Å². The van der Waals surface area contributed by atoms with Gasteiger partial charge >= 0.3 is 0 Å². The van der Waals surface area contributed by atoms with Crippen LogP contribution >= 0.6 is 0 Å². The maximum Gasteiger partial charge on any atom is 0.115 e. The summed E-state index contributed by atoms with van der Waals surface area (Å²) in [4.78, 5) is 0. The van der Waals surface area contributed by atoms with Crippen molar-refractivity contribution in [3.63, 3.8) is 0 Å². The third kappa shape index (κ3) is 5.14. The summed E-state index contributed by atoms with van der Waals surface area (Å²) < 4.78 is 0. The van der Waals surface area contributed by atoms with Crippen molar-refractivity contribution in [3.05, 3.63) is 226 Å². The maximum atomic E-state index is 10.3. The Morgan fingerprint density at radius 3 is 0.583 bits per heavy atom. The average Bonchev–Trinajstić information content (AvgIpc) is 3.13. The SMILES string of the molecule is Oc1ccc(C(c2ccccc2)(c2ccc(O)cc2)c2ccc(C(c3ccccc3)(c3ccc(O)cc3)c3ccc(O)cc3)cc2)cc1. The monoisotopic (exact) mass is 626 g/mol. The van der Waals surface area contributed by atoms with Crippen LogP contribution in [0, 0.1) is 0 Å². The van der Waals surface area contributed by atoms with Crippen LogP contribution in [0.2, 0.25) is 0 Å². The quantitative estimate of drug-likeness (QED) is 0.127. The first-order valence-corrected chi connectivity index (χ1v) is 15.8. The molecule has 0 aliphatic heterocycles. The Balaban J connectivity index is 1.53. The van der Waals surface area contributed by atoms with Gasteiger partial charge in [0.2, 0.25) is 0 Å². The van der Waals surface area contributed by atoms with Gasteiger partial charge in [0.25, 0.3) is 0 Å². The third-order valence-corrected chi connectivity index (χ3v) is 9.37. The molecule has 0 spiro atoms. The van der Waals surface area contributed by atoms with Crippen molar-refractivity contribution in [1.29, 1.82) is 0 Å². The molecular weight excluding hydrogens is 592 g/mol. The van der Waals surface area contributed by atoms with E-state index in [1.165, 1.54) is 0 Å². The Kier molecular flexibility index (Phi) is 7.92. The minimum atomic E-state index is -0.798. The average molecular weight is 627 g/mol. The molecule has 4 heteroatoms. The topological polar surface area (TPSA) is 80.9 Å². The van der Waals surface area contributed by atoms with Gasteiger partial charge in [-0.2, -0.15) is 0 Å². The van der Waals surface area contributed by atoms with Gasteiger partial charge in [-0.1, -0.05) is 133 Å². The van der Waals surface area contributed by atoms with Crippen molar-refractivity contribution in [2.45, 2.75) is 10.8 Å². The molecule has 0 aliphatic rings. The van der Waals surface area contributed by atoms with Crippen LogP contribution in [0.15, 0.2) is 182 Å². The van der Waals surface area contributed by atoms with Crippen LogP contribution in [-0.4, -0.2) is 20.4 Å². The highest BCUT2D eigenvalue weighted by atomic mass is 16.3. The molecule has 0 unspecified atom stereocenters. The van der Waals surface area contributed by atoms with Gasteiger partial charge in [-0.25, -0.2) is 0 Å². The molecule has 48 heavy (non-hydrogen) atoms. The molecular formula is C44H34O4. The van der Waals surface area contributed by atoms with Crippen LogP contribution in [-0.2, 0) is 10.8 Å². The zero-order valence-electron chi connectivity index (χ0n) is 26.1. The predicted octanol–water partition coefficient (Wildman–Crippen LogP) is 9.27. The van der Waals surface area contributed by atoms with Crippen molar-refractivity contribution < 1.29 is 20.4 Å². The predicted molar refractivity (Wildman–Crippen MR) is 190 cm³/mol. The summed E-state index contributed by atoms with van der Waals surface area (Å²) in [6.45, 7) is 0. The maximum absolute atomic E-state index is 10.3. The van der Waals surface area contributed by atoms with Crippen LogP contribution in [0.5, 0.6) is 23.0 Å². The first-order chi connectivity index (χ1) is 23.4. The molecule has 234 valence electrons. The number of hydrogen-bond acceptors (Lipinski definition) is 4. The third-order valence-electron chi connectivity index (χ3n) is 9.37. The molecule has 0 radical (unpaired) electrons. The fraction of sp³-hybridized carbons (Fsp3) is 0.0455. The van der Waals surface area contributed by atoms with E-state index in [-0.39, 0.29) is 23.0 Å². The minimum Gasteiger partial charge on any atom is -0.508 e. The summed E-state index contributed by atoms with van der Waals surface area (Å²) in [7, 11) is 0. The standard InChI is InChI=1S/C44H34O4/c45-39-23-15-35(16-24-39)43(31-7-3-1-4-8-31,36-17-25-40(46)26-18-36)33-11-13-34(14-12-33)44(32-9-5-2-6-10-32,37-19-27-41(47)28-20-37)38-21-29-42(48)30-22-38/h1-30,45-48H. The normalized spacial score (nSPS) is 11.7. The van der Waals surface area contributed by atoms with E-state index in [2.05, 4.69) is 48.5 Å². The molecule has 7 aromatic carbocycles. The molecule has 0 aromatic heterocycles. The number of benzene rings is 7. The lowest BCUT2D eigenvalue weighted by Gasteiger charge is -2.39. The van der Waals surface area contributed by atoms with Gasteiger partial charge in [-0.05, 0) is 93.0 Å². The zero-order chi connectivity index (χ0) is 33.1. The minimum absolute atomic E-state index is 0.178. The molecule has 7 aromatic rings. The van der Waals surface area contributed by atoms with Gasteiger partial charge in [0, 0.05) is 0 Å². The van der Waals surface area contributed by atoms with E-state index < -0.39 is 10.8 Å². The molecule has 0 heterocycles. The smallest absolute Gasteiger partial charge is 0.115 e. The summed E-state index contributed by atoms with van der Waals surface area (Å²) in [6, 6.07) is 58.4. The highest BCUT2D eigenvalue weighted by molar-refractivity contribution is 5.64. The van der Waals surface area contributed by atoms with Gasteiger partial charge in [0.15, 0.2) is 0 Å². The van der Waals surface area contributed by atoms with Crippen molar-refractivity contribution in [1.82, 2.24) is 0 Å². The highest BCUT2D eigenvalue weighted by Gasteiger charge is 2.41. The van der Waals surface area contributed by atoms with Gasteiger partial charge in [-0.15, -0.1) is 0 Å². The Morgan fingerprint density at radius 2 is 0.375 bits per heavy atom. The van der Waals surface area contributed by atoms with Crippen molar-refractivity contribution in [2.24, 2.45) is 0 Å². The number of rotatable bonds is 8. The van der Waals surface area contributed by atoms with E-state index >= 15 is 0 Å². The molecule has 4 N–H and O–H groups in total. The number of phenols is 4. The number of aromatic hydroxyl groups is 4. The van der Waals surface area contributed by atoms with Gasteiger partial charge < -0.3 is 20.4 Å². The fourth-order valence-corrected chi connectivity index (χ4v) is 7.19. The summed E-state index contributed by atoms with van der Waals surface area (Å²) in [5.41, 5.74) is 6.27. The van der Waals surface area contributed by atoms with Crippen LogP contribution in [0.1, 0.15) is 44.5 Å². The Morgan fingerprint density at radius 1 is 0.208 bits per heavy atom. The number of phenolic OH excluding ortho intramolecular Hbond substituents is 4. The molecule has 4 nitrogen and oxygen atoms in total. The molecule has 0 bridgehead atoms.